The Labute approximate surface area is 658 Å². The number of hydrogen-bond acceptors (Lipinski definition) is 37. The van der Waals surface area contributed by atoms with Gasteiger partial charge in [-0.2, -0.15) is 44.2 Å². The molecule has 0 saturated heterocycles. The number of aromatic nitrogens is 18. The molecule has 0 bridgehead atoms. The first-order valence-electron chi connectivity index (χ1n) is 34.3. The van der Waals surface area contributed by atoms with E-state index in [0.29, 0.717) is 30.2 Å². The summed E-state index contributed by atoms with van der Waals surface area (Å²) in [4.78, 5) is 39.6. The zero-order valence-electron chi connectivity index (χ0n) is 69.0. The molecule has 0 N–H and O–H groups in total. The first kappa shape index (κ1) is 96.7. The van der Waals surface area contributed by atoms with Crippen molar-refractivity contribution in [1.29, 1.82) is 0 Å². The molecule has 0 amide bonds. The Morgan fingerprint density at radius 3 is 0.944 bits per heavy atom. The Hall–Kier alpha value is -9.34. The minimum atomic E-state index is 0.603. The van der Waals surface area contributed by atoms with Crippen molar-refractivity contribution >= 4 is 85.8 Å². The van der Waals surface area contributed by atoms with Crippen LogP contribution in [0.15, 0.2) is 79.3 Å². The molecule has 0 aromatic carbocycles. The van der Waals surface area contributed by atoms with Gasteiger partial charge in [0.25, 0.3) is 0 Å². The van der Waals surface area contributed by atoms with Gasteiger partial charge in [-0.3, -0.25) is 29.4 Å². The van der Waals surface area contributed by atoms with Crippen molar-refractivity contribution in [1.82, 2.24) is 114 Å². The molecule has 0 aliphatic carbocycles. The van der Waals surface area contributed by atoms with E-state index in [0.717, 1.165) is 129 Å². The SMILES string of the molecule is CC1=NN(C)CC1.CC1=NN(C)CCC1.CC1=NN(C)CCO1.CC1=NN(C)CCS1.CC1=NN(C)CO1.Cc1coc(C)n1.Cc1coc(C)n1.Cc1csc(C)n1.Cc1csc(C)n1.Cc1ncn(C)n1.Cc1ncn(C)n1.Cc1noc(C)n1.Cc1noc(C)n1.Cc1nsc(C)n1.Cc1nsc(C)n1. The topological polar surface area (TPSA) is 365 Å². The number of ether oxygens (including phenoxy) is 2. The van der Waals surface area contributed by atoms with Crippen LogP contribution in [0.25, 0.3) is 0 Å². The van der Waals surface area contributed by atoms with Crippen molar-refractivity contribution in [2.45, 2.75) is 179 Å². The summed E-state index contributed by atoms with van der Waals surface area (Å²) in [5.74, 6) is 10.2. The molecule has 34 nitrogen and oxygen atoms in total. The molecule has 0 unspecified atom stereocenters. The van der Waals surface area contributed by atoms with Crippen LogP contribution in [0.1, 0.15) is 155 Å². The minimum Gasteiger partial charge on any atom is -0.478 e. The minimum absolute atomic E-state index is 0.603. The molecule has 15 heterocycles. The van der Waals surface area contributed by atoms with E-state index in [9.17, 15) is 0 Å². The first-order valence-corrected chi connectivity index (χ1v) is 38.6. The van der Waals surface area contributed by atoms with Crippen molar-refractivity contribution in [3.8, 4) is 0 Å². The predicted octanol–water partition coefficient (Wildman–Crippen LogP) is 13.3. The average molecular weight is 1590 g/mol. The molecule has 0 atom stereocenters. The molecule has 5 aliphatic heterocycles. The molecule has 0 spiro atoms. The molecule has 5 aliphatic rings. The number of aryl methyl sites for hydroxylation is 20. The van der Waals surface area contributed by atoms with Gasteiger partial charge in [-0.25, -0.2) is 39.9 Å². The highest BCUT2D eigenvalue weighted by atomic mass is 32.2. The molecule has 598 valence electrons. The molecule has 0 radical (unpaired) electrons. The molecular formula is C69H116N28O6S5. The van der Waals surface area contributed by atoms with Gasteiger partial charge in [0.15, 0.2) is 30.2 Å². The Kier molecular flexibility index (Phi) is 49.3. The number of thiazole rings is 2. The molecule has 0 saturated carbocycles. The van der Waals surface area contributed by atoms with Crippen LogP contribution in [0.3, 0.4) is 0 Å². The van der Waals surface area contributed by atoms with E-state index in [-0.39, 0.29) is 0 Å². The Morgan fingerprint density at radius 1 is 0.370 bits per heavy atom. The summed E-state index contributed by atoms with van der Waals surface area (Å²) in [6.07, 6.45) is 10.2. The number of likely N-dealkylation sites (N-methyl/N-ethyl adjacent to an activating group) is 1. The second kappa shape index (κ2) is 55.1. The number of oxazole rings is 2. The fraction of sp³-hybridized carbons (Fsp3) is 0.580. The summed E-state index contributed by atoms with van der Waals surface area (Å²) >= 11 is 8.10. The molecule has 15 rings (SSSR count). The summed E-state index contributed by atoms with van der Waals surface area (Å²) in [5, 5.41) is 54.6. The lowest BCUT2D eigenvalue weighted by Crippen LogP contribution is -2.25. The van der Waals surface area contributed by atoms with Crippen LogP contribution in [0.4, 0.5) is 0 Å². The van der Waals surface area contributed by atoms with Gasteiger partial charge in [-0.05, 0) is 154 Å². The van der Waals surface area contributed by atoms with E-state index < -0.39 is 0 Å². The lowest BCUT2D eigenvalue weighted by molar-refractivity contribution is 0.189. The van der Waals surface area contributed by atoms with Gasteiger partial charge in [-0.15, -0.1) is 44.6 Å². The fourth-order valence-electron chi connectivity index (χ4n) is 7.83. The predicted molar refractivity (Wildman–Crippen MR) is 435 cm³/mol. The molecule has 108 heavy (non-hydrogen) atoms. The van der Waals surface area contributed by atoms with Gasteiger partial charge in [0, 0.05) is 156 Å². The monoisotopic (exact) mass is 1590 g/mol. The van der Waals surface area contributed by atoms with E-state index >= 15 is 0 Å². The summed E-state index contributed by atoms with van der Waals surface area (Å²) in [6, 6.07) is 0. The maximum absolute atomic E-state index is 5.06. The summed E-state index contributed by atoms with van der Waals surface area (Å²) < 4.78 is 40.2. The fourth-order valence-corrected chi connectivity index (χ4v) is 10.8. The van der Waals surface area contributed by atoms with Crippen LogP contribution < -0.4 is 0 Å². The number of hydrogen-bond donors (Lipinski definition) is 0. The summed E-state index contributed by atoms with van der Waals surface area (Å²) in [7, 11) is 13.5. The van der Waals surface area contributed by atoms with Crippen molar-refractivity contribution < 1.29 is 27.4 Å². The Balaban J connectivity index is 0.000000579. The standard InChI is InChI=1S/C6H12N2.C5H10N2O.C5H10N2S.C5H10N2.2C5H7NO.2C5H7NS.2C4H7N3.C4H8N2O.2C4H6N2O.2C4H6N2S/c1-6-4-3-5-8(2)7-6;2*1-5-6-7(2)3-4-8-5;1-5-3-4-7(2)6-5;4*1-4-3-7-5(2)6-4;2*1-4-5-3-7(2)6-4;1-4-5-6(2)3-7-4;4*1-3-5-4(2)7-6-3/h3-5H2,1-2H3;2*3-4H2,1-2H3;3-4H2,1-2H3;6*3H,1-2H3;3H2,1-2H3;4*1-2H3. The van der Waals surface area contributed by atoms with Crippen molar-refractivity contribution in [2.24, 2.45) is 39.6 Å². The number of hydrazone groups is 5. The van der Waals surface area contributed by atoms with Crippen molar-refractivity contribution in [3.63, 3.8) is 0 Å². The molecule has 10 aromatic rings. The lowest BCUT2D eigenvalue weighted by Gasteiger charge is -2.19. The summed E-state index contributed by atoms with van der Waals surface area (Å²) in [6.45, 7) is 49.4. The molecular weight excluding hydrogens is 1480 g/mol. The quantitative estimate of drug-likeness (QED) is 0.136. The zero-order valence-corrected chi connectivity index (χ0v) is 73.1. The van der Waals surface area contributed by atoms with Gasteiger partial charge in [0.1, 0.15) is 65.1 Å². The number of rotatable bonds is 0. The van der Waals surface area contributed by atoms with Crippen LogP contribution in [-0.2, 0) is 23.6 Å². The maximum atomic E-state index is 5.06. The Bertz CT molecular complexity index is 3240. The maximum Gasteiger partial charge on any atom is 0.223 e. The van der Waals surface area contributed by atoms with Crippen LogP contribution >= 0.6 is 57.5 Å². The first-order chi connectivity index (χ1) is 50.8. The van der Waals surface area contributed by atoms with Crippen molar-refractivity contribution in [2.75, 3.05) is 80.5 Å². The molecule has 10 aromatic heterocycles. The van der Waals surface area contributed by atoms with Crippen LogP contribution in [0.5, 0.6) is 0 Å². The largest absolute Gasteiger partial charge is 0.478 e. The third-order valence-electron chi connectivity index (χ3n) is 12.2. The highest BCUT2D eigenvalue weighted by Gasteiger charge is 2.07. The average Bonchev–Trinajstić information content (AvgIpc) is 1.75. The third-order valence-corrected chi connectivity index (χ3v) is 16.3. The molecule has 39 heteroatoms. The van der Waals surface area contributed by atoms with E-state index in [1.807, 2.05) is 199 Å². The van der Waals surface area contributed by atoms with E-state index in [1.165, 1.54) is 58.1 Å². The van der Waals surface area contributed by atoms with Gasteiger partial charge < -0.3 is 32.4 Å². The lowest BCUT2D eigenvalue weighted by atomic mass is 10.2. The number of thioether (sulfide) groups is 1. The van der Waals surface area contributed by atoms with Gasteiger partial charge >= 0.3 is 0 Å². The van der Waals surface area contributed by atoms with E-state index in [2.05, 4.69) is 138 Å². The number of nitrogens with zero attached hydrogens (tertiary/aromatic N) is 28. The van der Waals surface area contributed by atoms with E-state index in [1.54, 1.807) is 89.9 Å². The van der Waals surface area contributed by atoms with E-state index in [4.69, 9.17) is 18.3 Å². The second-order valence-corrected chi connectivity index (χ2v) is 29.3. The molecule has 0 fully saturated rings. The zero-order chi connectivity index (χ0) is 81.3. The summed E-state index contributed by atoms with van der Waals surface area (Å²) in [5.41, 5.74) is 6.65. The smallest absolute Gasteiger partial charge is 0.223 e. The van der Waals surface area contributed by atoms with Gasteiger partial charge in [0.2, 0.25) is 23.6 Å². The van der Waals surface area contributed by atoms with Gasteiger partial charge in [-0.1, -0.05) is 10.3 Å². The highest BCUT2D eigenvalue weighted by molar-refractivity contribution is 8.13. The van der Waals surface area contributed by atoms with Crippen molar-refractivity contribution in [3.05, 3.63) is 137 Å². The second-order valence-electron chi connectivity index (χ2n) is 23.9. The highest BCUT2D eigenvalue weighted by Crippen LogP contribution is 2.11. The van der Waals surface area contributed by atoms with Crippen LogP contribution in [-0.4, -0.2) is 222 Å². The van der Waals surface area contributed by atoms with Crippen LogP contribution in [0.2, 0.25) is 0 Å². The third kappa shape index (κ3) is 53.4. The Morgan fingerprint density at radius 2 is 0.796 bits per heavy atom. The van der Waals surface area contributed by atoms with Gasteiger partial charge in [0.05, 0.1) is 33.0 Å². The normalized spacial score (nSPS) is 13.2. The van der Waals surface area contributed by atoms with Crippen LogP contribution in [0, 0.1) is 125 Å².